The highest BCUT2D eigenvalue weighted by Crippen LogP contribution is 2.23. The molecule has 72 valence electrons. The Morgan fingerprint density at radius 3 is 2.86 bits per heavy atom. The van der Waals surface area contributed by atoms with Crippen molar-refractivity contribution in [3.05, 3.63) is 27.5 Å². The highest BCUT2D eigenvalue weighted by Gasteiger charge is 2.12. The largest absolute Gasteiger partial charge is 0.244 e. The lowest BCUT2D eigenvalue weighted by Gasteiger charge is -2.05. The molecule has 0 unspecified atom stereocenters. The molecular weight excluding hydrogens is 240 g/mol. The van der Waals surface area contributed by atoms with Crippen molar-refractivity contribution >= 4 is 15.9 Å². The molecule has 0 amide bonds. The first-order valence-electron chi connectivity index (χ1n) is 4.89. The molecule has 1 aromatic heterocycles. The van der Waals surface area contributed by atoms with Gasteiger partial charge in [-0.3, -0.25) is 0 Å². The van der Waals surface area contributed by atoms with Crippen molar-refractivity contribution in [1.29, 1.82) is 5.26 Å². The van der Waals surface area contributed by atoms with Gasteiger partial charge in [-0.2, -0.15) is 5.26 Å². The van der Waals surface area contributed by atoms with Gasteiger partial charge >= 0.3 is 0 Å². The van der Waals surface area contributed by atoms with E-state index in [0.717, 1.165) is 12.8 Å². The summed E-state index contributed by atoms with van der Waals surface area (Å²) >= 11 is 3.33. The quantitative estimate of drug-likeness (QED) is 0.525. The number of nitrogens with zero attached hydrogens (tertiary/aromatic N) is 2. The van der Waals surface area contributed by atoms with Crippen LogP contribution in [0.2, 0.25) is 0 Å². The monoisotopic (exact) mass is 250 g/mol. The zero-order chi connectivity index (χ0) is 9.97. The van der Waals surface area contributed by atoms with Gasteiger partial charge in [0, 0.05) is 5.69 Å². The molecule has 0 bridgehead atoms. The summed E-state index contributed by atoms with van der Waals surface area (Å²) in [6, 6.07) is 4.14. The zero-order valence-corrected chi connectivity index (χ0v) is 9.47. The zero-order valence-electron chi connectivity index (χ0n) is 7.89. The maximum atomic E-state index is 8.87. The highest BCUT2D eigenvalue weighted by atomic mass is 79.9. The van der Waals surface area contributed by atoms with Gasteiger partial charge in [-0.1, -0.05) is 6.42 Å². The predicted octanol–water partition coefficient (Wildman–Crippen LogP) is 2.98. The SMILES string of the molecule is N#Cc1cc2c(nc1Br)CCCCC2. The molecule has 1 aliphatic carbocycles. The topological polar surface area (TPSA) is 36.7 Å². The third-order valence-corrected chi connectivity index (χ3v) is 3.23. The number of pyridine rings is 1. The number of hydrogen-bond donors (Lipinski definition) is 0. The van der Waals surface area contributed by atoms with E-state index in [2.05, 4.69) is 27.0 Å². The molecule has 1 aliphatic rings. The Hall–Kier alpha value is -0.880. The summed E-state index contributed by atoms with van der Waals surface area (Å²) in [5, 5.41) is 8.87. The number of aryl methyl sites for hydroxylation is 2. The lowest BCUT2D eigenvalue weighted by molar-refractivity contribution is 0.708. The van der Waals surface area contributed by atoms with Crippen LogP contribution in [0.15, 0.2) is 10.7 Å². The van der Waals surface area contributed by atoms with E-state index >= 15 is 0 Å². The molecule has 3 heteroatoms. The fraction of sp³-hybridized carbons (Fsp3) is 0.455. The number of fused-ring (bicyclic) bond motifs is 1. The standard InChI is InChI=1S/C11H11BrN2/c12-11-9(7-13)6-8-4-2-1-3-5-10(8)14-11/h6H,1-5H2. The molecule has 1 aromatic rings. The average molecular weight is 251 g/mol. The summed E-state index contributed by atoms with van der Waals surface area (Å²) in [5.41, 5.74) is 3.10. The first-order valence-corrected chi connectivity index (χ1v) is 5.69. The maximum absolute atomic E-state index is 8.87. The molecule has 0 radical (unpaired) electrons. The van der Waals surface area contributed by atoms with Crippen LogP contribution in [0.4, 0.5) is 0 Å². The summed E-state index contributed by atoms with van der Waals surface area (Å²) in [5.74, 6) is 0. The number of hydrogen-bond acceptors (Lipinski definition) is 2. The predicted molar refractivity (Wildman–Crippen MR) is 57.9 cm³/mol. The van der Waals surface area contributed by atoms with Crippen LogP contribution in [0, 0.1) is 11.3 Å². The van der Waals surface area contributed by atoms with E-state index in [9.17, 15) is 0 Å². The van der Waals surface area contributed by atoms with E-state index < -0.39 is 0 Å². The molecule has 0 N–H and O–H groups in total. The van der Waals surface area contributed by atoms with Crippen molar-refractivity contribution in [2.24, 2.45) is 0 Å². The van der Waals surface area contributed by atoms with Crippen molar-refractivity contribution in [2.75, 3.05) is 0 Å². The second kappa shape index (κ2) is 4.10. The molecular formula is C11H11BrN2. The molecule has 0 fully saturated rings. The fourth-order valence-electron chi connectivity index (χ4n) is 1.86. The molecule has 0 aliphatic heterocycles. The normalized spacial score (nSPS) is 15.4. The van der Waals surface area contributed by atoms with Gasteiger partial charge in [-0.05, 0) is 53.2 Å². The molecule has 0 atom stereocenters. The van der Waals surface area contributed by atoms with E-state index in [0.29, 0.717) is 10.2 Å². The third kappa shape index (κ3) is 1.80. The van der Waals surface area contributed by atoms with Crippen LogP contribution in [-0.2, 0) is 12.8 Å². The van der Waals surface area contributed by atoms with Crippen LogP contribution in [0.5, 0.6) is 0 Å². The van der Waals surface area contributed by atoms with Crippen LogP contribution in [-0.4, -0.2) is 4.98 Å². The Kier molecular flexibility index (Phi) is 2.83. The fourth-order valence-corrected chi connectivity index (χ4v) is 2.28. The first kappa shape index (κ1) is 9.67. The van der Waals surface area contributed by atoms with Crippen LogP contribution < -0.4 is 0 Å². The molecule has 14 heavy (non-hydrogen) atoms. The number of halogens is 1. The van der Waals surface area contributed by atoms with Gasteiger partial charge in [-0.15, -0.1) is 0 Å². The van der Waals surface area contributed by atoms with Gasteiger partial charge in [0.25, 0.3) is 0 Å². The second-order valence-electron chi connectivity index (χ2n) is 3.61. The van der Waals surface area contributed by atoms with Gasteiger partial charge in [0.2, 0.25) is 0 Å². The van der Waals surface area contributed by atoms with Gasteiger partial charge in [-0.25, -0.2) is 4.98 Å². The minimum absolute atomic E-state index is 0.658. The third-order valence-electron chi connectivity index (χ3n) is 2.62. The van der Waals surface area contributed by atoms with Crippen LogP contribution in [0.3, 0.4) is 0 Å². The van der Waals surface area contributed by atoms with Crippen LogP contribution >= 0.6 is 15.9 Å². The minimum Gasteiger partial charge on any atom is -0.244 e. The number of nitriles is 1. The Morgan fingerprint density at radius 1 is 1.29 bits per heavy atom. The smallest absolute Gasteiger partial charge is 0.124 e. The Bertz CT molecular complexity index is 393. The molecule has 0 aromatic carbocycles. The van der Waals surface area contributed by atoms with Crippen LogP contribution in [0.25, 0.3) is 0 Å². The van der Waals surface area contributed by atoms with Crippen molar-refractivity contribution in [3.8, 4) is 6.07 Å². The van der Waals surface area contributed by atoms with Gasteiger partial charge in [0.05, 0.1) is 5.56 Å². The van der Waals surface area contributed by atoms with Gasteiger partial charge in [0.15, 0.2) is 0 Å². The Balaban J connectivity index is 2.47. The number of aromatic nitrogens is 1. The number of rotatable bonds is 0. The van der Waals surface area contributed by atoms with E-state index in [1.807, 2.05) is 6.07 Å². The first-order chi connectivity index (χ1) is 6.81. The lowest BCUT2D eigenvalue weighted by atomic mass is 10.1. The molecule has 2 nitrogen and oxygen atoms in total. The molecule has 0 saturated heterocycles. The Labute approximate surface area is 92.1 Å². The highest BCUT2D eigenvalue weighted by molar-refractivity contribution is 9.10. The van der Waals surface area contributed by atoms with E-state index in [1.54, 1.807) is 0 Å². The van der Waals surface area contributed by atoms with Crippen molar-refractivity contribution in [2.45, 2.75) is 32.1 Å². The van der Waals surface area contributed by atoms with E-state index in [1.165, 1.54) is 30.5 Å². The Morgan fingerprint density at radius 2 is 2.07 bits per heavy atom. The molecule has 0 spiro atoms. The summed E-state index contributed by atoms with van der Waals surface area (Å²) in [6.07, 6.45) is 5.85. The van der Waals surface area contributed by atoms with E-state index in [4.69, 9.17) is 5.26 Å². The molecule has 2 rings (SSSR count). The molecule has 0 saturated carbocycles. The van der Waals surface area contributed by atoms with Gasteiger partial charge < -0.3 is 0 Å². The molecule has 1 heterocycles. The maximum Gasteiger partial charge on any atom is 0.124 e. The minimum atomic E-state index is 0.658. The summed E-state index contributed by atoms with van der Waals surface area (Å²) < 4.78 is 0.695. The van der Waals surface area contributed by atoms with Gasteiger partial charge in [0.1, 0.15) is 10.7 Å². The van der Waals surface area contributed by atoms with Crippen LogP contribution in [0.1, 0.15) is 36.1 Å². The van der Waals surface area contributed by atoms with E-state index in [-0.39, 0.29) is 0 Å². The summed E-state index contributed by atoms with van der Waals surface area (Å²) in [7, 11) is 0. The van der Waals surface area contributed by atoms with Crippen molar-refractivity contribution < 1.29 is 0 Å². The van der Waals surface area contributed by atoms with Crippen molar-refractivity contribution in [1.82, 2.24) is 4.98 Å². The average Bonchev–Trinajstić information content (AvgIpc) is 2.41. The second-order valence-corrected chi connectivity index (χ2v) is 4.36. The van der Waals surface area contributed by atoms with Crippen molar-refractivity contribution in [3.63, 3.8) is 0 Å². The summed E-state index contributed by atoms with van der Waals surface area (Å²) in [4.78, 5) is 4.44. The lowest BCUT2D eigenvalue weighted by Crippen LogP contribution is -1.98. The summed E-state index contributed by atoms with van der Waals surface area (Å²) in [6.45, 7) is 0.